The van der Waals surface area contributed by atoms with Crippen LogP contribution in [0.3, 0.4) is 0 Å². The summed E-state index contributed by atoms with van der Waals surface area (Å²) in [6.07, 6.45) is 2.12. The van der Waals surface area contributed by atoms with E-state index in [0.717, 1.165) is 19.4 Å². The minimum atomic E-state index is -0.200. The van der Waals surface area contributed by atoms with Gasteiger partial charge in [0.25, 0.3) is 0 Å². The summed E-state index contributed by atoms with van der Waals surface area (Å²) in [5.74, 6) is 6.58. The average Bonchev–Trinajstić information content (AvgIpc) is 3.09. The predicted octanol–water partition coefficient (Wildman–Crippen LogP) is 1.07. The van der Waals surface area contributed by atoms with Crippen LogP contribution in [0, 0.1) is 11.8 Å². The Labute approximate surface area is 90.6 Å². The number of nitrogens with two attached hydrogens (primary N) is 1. The topological polar surface area (TPSA) is 47.5 Å². The third-order valence-corrected chi connectivity index (χ3v) is 4.50. The molecular weight excluding hydrogens is 192 g/mol. The molecule has 3 aliphatic rings. The van der Waals surface area contributed by atoms with Crippen molar-refractivity contribution in [3.63, 3.8) is 0 Å². The molecule has 0 radical (unpaired) electrons. The molecule has 2 saturated carbocycles. The second kappa shape index (κ2) is 2.74. The molecule has 1 heterocycles. The van der Waals surface area contributed by atoms with Crippen molar-refractivity contribution in [1.29, 1.82) is 0 Å². The van der Waals surface area contributed by atoms with Gasteiger partial charge in [0.2, 0.25) is 0 Å². The van der Waals surface area contributed by atoms with Crippen LogP contribution in [0.2, 0.25) is 0 Å². The minimum absolute atomic E-state index is 0.119. The lowest BCUT2D eigenvalue weighted by molar-refractivity contribution is -0.212. The van der Waals surface area contributed by atoms with Crippen LogP contribution in [-0.2, 0) is 9.68 Å². The SMILES string of the molecule is CC1CN1OC1(C2(ON)CC2C)CC1C. The van der Waals surface area contributed by atoms with E-state index in [2.05, 4.69) is 25.8 Å². The van der Waals surface area contributed by atoms with Crippen LogP contribution in [0.1, 0.15) is 33.6 Å². The van der Waals surface area contributed by atoms with E-state index < -0.39 is 0 Å². The number of hydrogen-bond donors (Lipinski definition) is 1. The molecule has 15 heavy (non-hydrogen) atoms. The van der Waals surface area contributed by atoms with Crippen molar-refractivity contribution in [2.45, 2.75) is 50.9 Å². The van der Waals surface area contributed by atoms with E-state index in [9.17, 15) is 0 Å². The molecule has 3 rings (SSSR count). The summed E-state index contributed by atoms with van der Waals surface area (Å²) < 4.78 is 0. The molecule has 2 aliphatic carbocycles. The highest BCUT2D eigenvalue weighted by molar-refractivity contribution is 5.26. The summed E-state index contributed by atoms with van der Waals surface area (Å²) in [7, 11) is 0. The lowest BCUT2D eigenvalue weighted by Gasteiger charge is -2.27. The number of hydroxylamine groups is 2. The lowest BCUT2D eigenvalue weighted by atomic mass is 10.1. The van der Waals surface area contributed by atoms with E-state index in [-0.39, 0.29) is 11.2 Å². The second-order valence-electron chi connectivity index (χ2n) is 5.65. The molecule has 86 valence electrons. The highest BCUT2D eigenvalue weighted by atomic mass is 16.7. The molecular formula is C11H20N2O2. The quantitative estimate of drug-likeness (QED) is 0.559. The van der Waals surface area contributed by atoms with Gasteiger partial charge in [-0.05, 0) is 31.6 Å². The fraction of sp³-hybridized carbons (Fsp3) is 1.00. The molecule has 4 nitrogen and oxygen atoms in total. The van der Waals surface area contributed by atoms with Gasteiger partial charge < -0.3 is 0 Å². The molecule has 6 unspecified atom stereocenters. The Hall–Kier alpha value is -0.160. The van der Waals surface area contributed by atoms with Gasteiger partial charge in [-0.1, -0.05) is 13.8 Å². The molecule has 1 saturated heterocycles. The van der Waals surface area contributed by atoms with Crippen molar-refractivity contribution in [2.75, 3.05) is 6.54 Å². The van der Waals surface area contributed by atoms with Gasteiger partial charge in [0, 0.05) is 12.6 Å². The molecule has 2 N–H and O–H groups in total. The van der Waals surface area contributed by atoms with Crippen molar-refractivity contribution in [2.24, 2.45) is 17.7 Å². The Balaban J connectivity index is 1.76. The van der Waals surface area contributed by atoms with E-state index in [1.54, 1.807) is 0 Å². The van der Waals surface area contributed by atoms with Gasteiger partial charge in [-0.15, -0.1) is 0 Å². The zero-order chi connectivity index (χ0) is 10.8. The van der Waals surface area contributed by atoms with Crippen LogP contribution >= 0.6 is 0 Å². The monoisotopic (exact) mass is 212 g/mol. The van der Waals surface area contributed by atoms with Crippen LogP contribution in [0.4, 0.5) is 0 Å². The van der Waals surface area contributed by atoms with Crippen molar-refractivity contribution in [3.8, 4) is 0 Å². The third-order valence-electron chi connectivity index (χ3n) is 4.50. The fourth-order valence-electron chi connectivity index (χ4n) is 2.99. The second-order valence-corrected chi connectivity index (χ2v) is 5.65. The normalized spacial score (nSPS) is 61.6. The summed E-state index contributed by atoms with van der Waals surface area (Å²) in [6, 6.07) is 0.568. The Morgan fingerprint density at radius 1 is 1.13 bits per heavy atom. The summed E-state index contributed by atoms with van der Waals surface area (Å²) in [5.41, 5.74) is -0.319. The first-order valence-electron chi connectivity index (χ1n) is 5.89. The molecule has 4 heteroatoms. The van der Waals surface area contributed by atoms with Crippen molar-refractivity contribution < 1.29 is 9.68 Å². The van der Waals surface area contributed by atoms with Gasteiger partial charge in [-0.3, -0.25) is 9.68 Å². The standard InChI is InChI=1S/C11H20N2O2/c1-7-4-10(7,14-12)11(5-8(11)2)15-13-6-9(13)3/h7-9H,4-6,12H2,1-3H3. The number of nitrogens with zero attached hydrogens (tertiary/aromatic N) is 1. The number of hydrogen-bond acceptors (Lipinski definition) is 4. The van der Waals surface area contributed by atoms with Crippen LogP contribution in [0.15, 0.2) is 0 Å². The smallest absolute Gasteiger partial charge is 0.124 e. The van der Waals surface area contributed by atoms with Crippen LogP contribution in [-0.4, -0.2) is 28.9 Å². The summed E-state index contributed by atoms with van der Waals surface area (Å²) in [6.45, 7) is 7.63. The van der Waals surface area contributed by atoms with Crippen molar-refractivity contribution >= 4 is 0 Å². The molecule has 1 aliphatic heterocycles. The van der Waals surface area contributed by atoms with Gasteiger partial charge in [-0.25, -0.2) is 5.90 Å². The molecule has 0 spiro atoms. The zero-order valence-corrected chi connectivity index (χ0v) is 9.69. The minimum Gasteiger partial charge on any atom is -0.295 e. The van der Waals surface area contributed by atoms with Gasteiger partial charge in [-0.2, -0.15) is 5.06 Å². The van der Waals surface area contributed by atoms with E-state index in [4.69, 9.17) is 15.6 Å². The fourth-order valence-corrected chi connectivity index (χ4v) is 2.99. The Kier molecular flexibility index (Phi) is 1.83. The van der Waals surface area contributed by atoms with E-state index in [1.165, 1.54) is 0 Å². The predicted molar refractivity (Wildman–Crippen MR) is 55.5 cm³/mol. The third kappa shape index (κ3) is 1.16. The average molecular weight is 212 g/mol. The van der Waals surface area contributed by atoms with Crippen LogP contribution in [0.5, 0.6) is 0 Å². The largest absolute Gasteiger partial charge is 0.295 e. The van der Waals surface area contributed by atoms with Gasteiger partial charge in [0.1, 0.15) is 11.2 Å². The Morgan fingerprint density at radius 3 is 1.87 bits per heavy atom. The maximum absolute atomic E-state index is 6.10. The van der Waals surface area contributed by atoms with E-state index in [1.807, 2.05) is 0 Å². The summed E-state index contributed by atoms with van der Waals surface area (Å²) >= 11 is 0. The van der Waals surface area contributed by atoms with Crippen LogP contribution in [0.25, 0.3) is 0 Å². The van der Waals surface area contributed by atoms with Crippen molar-refractivity contribution in [1.82, 2.24) is 5.06 Å². The summed E-state index contributed by atoms with van der Waals surface area (Å²) in [5, 5.41) is 2.05. The van der Waals surface area contributed by atoms with Gasteiger partial charge >= 0.3 is 0 Å². The van der Waals surface area contributed by atoms with Crippen molar-refractivity contribution in [3.05, 3.63) is 0 Å². The molecule has 0 aromatic rings. The molecule has 0 bridgehead atoms. The van der Waals surface area contributed by atoms with E-state index >= 15 is 0 Å². The van der Waals surface area contributed by atoms with E-state index in [0.29, 0.717) is 17.9 Å². The molecule has 3 fully saturated rings. The summed E-state index contributed by atoms with van der Waals surface area (Å²) in [4.78, 5) is 11.4. The van der Waals surface area contributed by atoms with Crippen LogP contribution < -0.4 is 5.90 Å². The van der Waals surface area contributed by atoms with Gasteiger partial charge in [0.15, 0.2) is 0 Å². The zero-order valence-electron chi connectivity index (χ0n) is 9.69. The first kappa shape index (κ1) is 10.0. The first-order valence-corrected chi connectivity index (χ1v) is 5.89. The molecule has 0 aromatic carbocycles. The Morgan fingerprint density at radius 2 is 1.60 bits per heavy atom. The maximum Gasteiger partial charge on any atom is 0.124 e. The highest BCUT2D eigenvalue weighted by Gasteiger charge is 2.77. The van der Waals surface area contributed by atoms with Gasteiger partial charge in [0.05, 0.1) is 0 Å². The molecule has 0 aromatic heterocycles. The maximum atomic E-state index is 6.10. The highest BCUT2D eigenvalue weighted by Crippen LogP contribution is 2.67. The lowest BCUT2D eigenvalue weighted by Crippen LogP contribution is -2.42. The Bertz CT molecular complexity index is 294. The first-order chi connectivity index (χ1) is 7.06. The molecule has 0 amide bonds. The molecule has 6 atom stereocenters. The number of rotatable bonds is 4.